The molecule has 1 unspecified atom stereocenters. The molecule has 0 saturated carbocycles. The molecule has 1 heterocycles. The molecule has 0 spiro atoms. The van der Waals surface area contributed by atoms with Crippen LogP contribution < -0.4 is 5.32 Å². The smallest absolute Gasteiger partial charge is 0.305 e. The third-order valence-electron chi connectivity index (χ3n) is 4.48. The minimum atomic E-state index is -1.00. The standard InChI is InChI=1S/C21H20ClN3O3/c1-14-18(12-23-25(14)13-15-5-3-2-4-6-15)21(28)24-19(11-20(26)27)16-7-9-17(22)10-8-16/h2-10,12,19H,11,13H2,1H3,(H,24,28)(H,26,27). The number of carboxylic acid groups (broad SMARTS) is 1. The molecule has 3 aromatic rings. The fourth-order valence-corrected chi connectivity index (χ4v) is 3.07. The van der Waals surface area contributed by atoms with E-state index >= 15 is 0 Å². The van der Waals surface area contributed by atoms with E-state index in [2.05, 4.69) is 10.4 Å². The van der Waals surface area contributed by atoms with Crippen LogP contribution in [0.25, 0.3) is 0 Å². The largest absolute Gasteiger partial charge is 0.481 e. The quantitative estimate of drug-likeness (QED) is 0.634. The lowest BCUT2D eigenvalue weighted by Crippen LogP contribution is -2.30. The maximum absolute atomic E-state index is 12.8. The number of hydrogen-bond acceptors (Lipinski definition) is 3. The molecule has 0 aliphatic rings. The second-order valence-electron chi connectivity index (χ2n) is 6.46. The van der Waals surface area contributed by atoms with Gasteiger partial charge in [0.15, 0.2) is 0 Å². The van der Waals surface area contributed by atoms with Crippen LogP contribution in [0.15, 0.2) is 60.8 Å². The summed E-state index contributed by atoms with van der Waals surface area (Å²) in [5.41, 5.74) is 2.88. The van der Waals surface area contributed by atoms with E-state index in [-0.39, 0.29) is 12.3 Å². The van der Waals surface area contributed by atoms with Gasteiger partial charge in [-0.25, -0.2) is 0 Å². The Labute approximate surface area is 167 Å². The number of aliphatic carboxylic acids is 1. The molecule has 0 fully saturated rings. The van der Waals surface area contributed by atoms with Gasteiger partial charge in [0, 0.05) is 10.7 Å². The summed E-state index contributed by atoms with van der Waals surface area (Å²) in [6.45, 7) is 2.37. The molecule has 0 aliphatic carbocycles. The summed E-state index contributed by atoms with van der Waals surface area (Å²) in [6, 6.07) is 15.9. The lowest BCUT2D eigenvalue weighted by molar-refractivity contribution is -0.137. The van der Waals surface area contributed by atoms with E-state index < -0.39 is 12.0 Å². The van der Waals surface area contributed by atoms with Crippen molar-refractivity contribution in [2.45, 2.75) is 25.9 Å². The predicted octanol–water partition coefficient (Wildman–Crippen LogP) is 3.84. The zero-order chi connectivity index (χ0) is 20.1. The third-order valence-corrected chi connectivity index (χ3v) is 4.73. The van der Waals surface area contributed by atoms with E-state index in [0.717, 1.165) is 5.56 Å². The zero-order valence-corrected chi connectivity index (χ0v) is 16.1. The number of rotatable bonds is 7. The Balaban J connectivity index is 1.78. The Morgan fingerprint density at radius 2 is 1.82 bits per heavy atom. The van der Waals surface area contributed by atoms with Crippen LogP contribution in [0.2, 0.25) is 5.02 Å². The van der Waals surface area contributed by atoms with Crippen molar-refractivity contribution >= 4 is 23.5 Å². The van der Waals surface area contributed by atoms with Crippen molar-refractivity contribution < 1.29 is 14.7 Å². The summed E-state index contributed by atoms with van der Waals surface area (Å²) in [4.78, 5) is 24.0. The minimum Gasteiger partial charge on any atom is -0.481 e. The number of amides is 1. The van der Waals surface area contributed by atoms with Crippen LogP contribution in [0, 0.1) is 6.92 Å². The molecular weight excluding hydrogens is 378 g/mol. The van der Waals surface area contributed by atoms with Crippen molar-refractivity contribution in [2.24, 2.45) is 0 Å². The van der Waals surface area contributed by atoms with Crippen molar-refractivity contribution in [1.82, 2.24) is 15.1 Å². The Morgan fingerprint density at radius 3 is 2.46 bits per heavy atom. The summed E-state index contributed by atoms with van der Waals surface area (Å²) in [7, 11) is 0. The van der Waals surface area contributed by atoms with Crippen molar-refractivity contribution in [3.05, 3.63) is 88.2 Å². The molecule has 3 rings (SSSR count). The SMILES string of the molecule is Cc1c(C(=O)NC(CC(=O)O)c2ccc(Cl)cc2)cnn1Cc1ccccc1. The normalized spacial score (nSPS) is 11.8. The maximum Gasteiger partial charge on any atom is 0.305 e. The van der Waals surface area contributed by atoms with Crippen LogP contribution in [0.3, 0.4) is 0 Å². The van der Waals surface area contributed by atoms with Crippen molar-refractivity contribution in [2.75, 3.05) is 0 Å². The number of carboxylic acids is 1. The Bertz CT molecular complexity index is 968. The average molecular weight is 398 g/mol. The summed E-state index contributed by atoms with van der Waals surface area (Å²) in [6.07, 6.45) is 1.28. The van der Waals surface area contributed by atoms with Gasteiger partial charge >= 0.3 is 5.97 Å². The van der Waals surface area contributed by atoms with Gasteiger partial charge in [0.25, 0.3) is 5.91 Å². The van der Waals surface area contributed by atoms with E-state index in [9.17, 15) is 14.7 Å². The van der Waals surface area contributed by atoms with Crippen LogP contribution in [0.1, 0.15) is 39.6 Å². The molecule has 0 bridgehead atoms. The van der Waals surface area contributed by atoms with Gasteiger partial charge in [-0.05, 0) is 30.2 Å². The van der Waals surface area contributed by atoms with E-state index in [1.807, 2.05) is 37.3 Å². The highest BCUT2D eigenvalue weighted by Gasteiger charge is 2.21. The molecule has 0 radical (unpaired) electrons. The molecule has 2 N–H and O–H groups in total. The number of nitrogens with zero attached hydrogens (tertiary/aromatic N) is 2. The van der Waals surface area contributed by atoms with Crippen LogP contribution in [0.4, 0.5) is 0 Å². The van der Waals surface area contributed by atoms with Crippen molar-refractivity contribution in [1.29, 1.82) is 0 Å². The molecule has 2 aromatic carbocycles. The Morgan fingerprint density at radius 1 is 1.14 bits per heavy atom. The molecule has 144 valence electrons. The van der Waals surface area contributed by atoms with E-state index in [1.165, 1.54) is 6.20 Å². The van der Waals surface area contributed by atoms with Gasteiger partial charge < -0.3 is 10.4 Å². The molecule has 1 aromatic heterocycles. The lowest BCUT2D eigenvalue weighted by Gasteiger charge is -2.17. The summed E-state index contributed by atoms with van der Waals surface area (Å²) in [5.74, 6) is -1.37. The van der Waals surface area contributed by atoms with Gasteiger partial charge in [-0.15, -0.1) is 0 Å². The summed E-state index contributed by atoms with van der Waals surface area (Å²) >= 11 is 5.90. The second kappa shape index (κ2) is 8.71. The predicted molar refractivity (Wildman–Crippen MR) is 106 cm³/mol. The number of nitrogens with one attached hydrogen (secondary N) is 1. The van der Waals surface area contributed by atoms with E-state index in [1.54, 1.807) is 28.9 Å². The van der Waals surface area contributed by atoms with Gasteiger partial charge in [0.2, 0.25) is 0 Å². The maximum atomic E-state index is 12.8. The molecule has 0 saturated heterocycles. The van der Waals surface area contributed by atoms with E-state index in [4.69, 9.17) is 11.6 Å². The average Bonchev–Trinajstić information content (AvgIpc) is 3.03. The number of carbonyl (C=O) groups is 2. The van der Waals surface area contributed by atoms with Crippen LogP contribution in [-0.4, -0.2) is 26.8 Å². The second-order valence-corrected chi connectivity index (χ2v) is 6.90. The first-order chi connectivity index (χ1) is 13.4. The fourth-order valence-electron chi connectivity index (χ4n) is 2.94. The third kappa shape index (κ3) is 4.78. The Kier molecular flexibility index (Phi) is 6.11. The van der Waals surface area contributed by atoms with Crippen LogP contribution >= 0.6 is 11.6 Å². The van der Waals surface area contributed by atoms with Crippen molar-refractivity contribution in [3.8, 4) is 0 Å². The monoisotopic (exact) mass is 397 g/mol. The van der Waals surface area contributed by atoms with E-state index in [0.29, 0.717) is 28.4 Å². The summed E-state index contributed by atoms with van der Waals surface area (Å²) in [5, 5.41) is 16.9. The van der Waals surface area contributed by atoms with Gasteiger partial charge in [-0.3, -0.25) is 14.3 Å². The molecule has 28 heavy (non-hydrogen) atoms. The first-order valence-corrected chi connectivity index (χ1v) is 9.16. The molecule has 6 nitrogen and oxygen atoms in total. The number of halogens is 1. The molecule has 0 aliphatic heterocycles. The zero-order valence-electron chi connectivity index (χ0n) is 15.3. The van der Waals surface area contributed by atoms with Gasteiger partial charge in [0.05, 0.1) is 30.8 Å². The highest BCUT2D eigenvalue weighted by Crippen LogP contribution is 2.21. The van der Waals surface area contributed by atoms with Gasteiger partial charge in [-0.2, -0.15) is 5.10 Å². The van der Waals surface area contributed by atoms with Crippen molar-refractivity contribution in [3.63, 3.8) is 0 Å². The fraction of sp³-hybridized carbons (Fsp3) is 0.190. The highest BCUT2D eigenvalue weighted by molar-refractivity contribution is 6.30. The topological polar surface area (TPSA) is 84.2 Å². The molecule has 7 heteroatoms. The first-order valence-electron chi connectivity index (χ1n) is 8.78. The van der Waals surface area contributed by atoms with Gasteiger partial charge in [0.1, 0.15) is 0 Å². The first kappa shape index (κ1) is 19.6. The summed E-state index contributed by atoms with van der Waals surface area (Å²) < 4.78 is 1.75. The lowest BCUT2D eigenvalue weighted by atomic mass is 10.0. The number of benzene rings is 2. The molecule has 1 atom stereocenters. The number of hydrogen-bond donors (Lipinski definition) is 2. The molecule has 1 amide bonds. The molecular formula is C21H20ClN3O3. The van der Waals surface area contributed by atoms with Gasteiger partial charge in [-0.1, -0.05) is 54.1 Å². The van der Waals surface area contributed by atoms with Crippen LogP contribution in [-0.2, 0) is 11.3 Å². The Hall–Kier alpha value is -3.12. The highest BCUT2D eigenvalue weighted by atomic mass is 35.5. The number of aromatic nitrogens is 2. The number of carbonyl (C=O) groups excluding carboxylic acids is 1. The minimum absolute atomic E-state index is 0.232. The van der Waals surface area contributed by atoms with Crippen LogP contribution in [0.5, 0.6) is 0 Å².